The van der Waals surface area contributed by atoms with E-state index in [4.69, 9.17) is 5.73 Å². The van der Waals surface area contributed by atoms with E-state index in [1.807, 2.05) is 18.7 Å². The van der Waals surface area contributed by atoms with Crippen molar-refractivity contribution in [2.45, 2.75) is 38.1 Å². The summed E-state index contributed by atoms with van der Waals surface area (Å²) in [5, 5.41) is 0. The molecule has 0 bridgehead atoms. The Morgan fingerprint density at radius 2 is 2.00 bits per heavy atom. The van der Waals surface area contributed by atoms with Crippen molar-refractivity contribution < 1.29 is 0 Å². The monoisotopic (exact) mass is 223 g/mol. The molecule has 0 aromatic heterocycles. The molecule has 0 fully saturated rings. The molecular weight excluding hydrogens is 202 g/mol. The highest BCUT2D eigenvalue weighted by Crippen LogP contribution is 2.23. The Hall–Kier alpha value is -0.470. The third kappa shape index (κ3) is 4.72. The van der Waals surface area contributed by atoms with Crippen LogP contribution >= 0.6 is 11.8 Å². The summed E-state index contributed by atoms with van der Waals surface area (Å²) in [5.41, 5.74) is 7.08. The van der Waals surface area contributed by atoms with Gasteiger partial charge in [0, 0.05) is 10.9 Å². The summed E-state index contributed by atoms with van der Waals surface area (Å²) in [6.45, 7) is 6.55. The molecule has 0 aliphatic heterocycles. The molecule has 0 amide bonds. The van der Waals surface area contributed by atoms with Crippen LogP contribution in [0.4, 0.5) is 0 Å². The zero-order chi connectivity index (χ0) is 11.3. The van der Waals surface area contributed by atoms with Gasteiger partial charge in [-0.3, -0.25) is 0 Å². The molecule has 84 valence electrons. The molecule has 1 atom stereocenters. The molecule has 2 heteroatoms. The maximum atomic E-state index is 5.85. The van der Waals surface area contributed by atoms with Crippen LogP contribution in [-0.4, -0.2) is 5.75 Å². The summed E-state index contributed by atoms with van der Waals surface area (Å²) < 4.78 is 0. The van der Waals surface area contributed by atoms with E-state index >= 15 is 0 Å². The zero-order valence-electron chi connectivity index (χ0n) is 9.86. The fourth-order valence-electron chi connectivity index (χ4n) is 1.30. The predicted molar refractivity (Wildman–Crippen MR) is 69.2 cm³/mol. The van der Waals surface area contributed by atoms with Gasteiger partial charge < -0.3 is 5.73 Å². The number of rotatable bonds is 5. The second-order valence-electron chi connectivity index (χ2n) is 4.39. The second-order valence-corrected chi connectivity index (χ2v) is 5.56. The first-order valence-electron chi connectivity index (χ1n) is 5.58. The smallest absolute Gasteiger partial charge is 0.0266 e. The Morgan fingerprint density at radius 1 is 1.27 bits per heavy atom. The van der Waals surface area contributed by atoms with Crippen LogP contribution in [0.15, 0.2) is 29.2 Å². The van der Waals surface area contributed by atoms with Crippen LogP contribution in [0.25, 0.3) is 0 Å². The van der Waals surface area contributed by atoms with Crippen molar-refractivity contribution in [2.75, 3.05) is 5.75 Å². The fourth-order valence-corrected chi connectivity index (χ4v) is 2.52. The Bertz CT molecular complexity index is 294. The maximum Gasteiger partial charge on any atom is 0.0266 e. The van der Waals surface area contributed by atoms with E-state index < -0.39 is 0 Å². The van der Waals surface area contributed by atoms with Crippen LogP contribution in [0.1, 0.15) is 38.8 Å². The normalized spacial score (nSPS) is 13.1. The van der Waals surface area contributed by atoms with E-state index in [1.54, 1.807) is 0 Å². The average molecular weight is 223 g/mol. The van der Waals surface area contributed by atoms with E-state index in [0.29, 0.717) is 0 Å². The Labute approximate surface area is 97.4 Å². The lowest BCUT2D eigenvalue weighted by Gasteiger charge is -2.08. The van der Waals surface area contributed by atoms with E-state index in [1.165, 1.54) is 22.6 Å². The van der Waals surface area contributed by atoms with Crippen LogP contribution in [0.2, 0.25) is 0 Å². The van der Waals surface area contributed by atoms with Gasteiger partial charge in [-0.2, -0.15) is 0 Å². The van der Waals surface area contributed by atoms with Crippen LogP contribution in [0.5, 0.6) is 0 Å². The lowest BCUT2D eigenvalue weighted by molar-refractivity contribution is 0.632. The lowest BCUT2D eigenvalue weighted by Crippen LogP contribution is -2.04. The van der Waals surface area contributed by atoms with Crippen LogP contribution in [0.3, 0.4) is 0 Å². The predicted octanol–water partition coefficient (Wildman–Crippen LogP) is 3.84. The van der Waals surface area contributed by atoms with E-state index in [2.05, 4.69) is 38.1 Å². The molecular formula is C13H21NS. The maximum absolute atomic E-state index is 5.85. The van der Waals surface area contributed by atoms with Gasteiger partial charge in [0.2, 0.25) is 0 Å². The van der Waals surface area contributed by atoms with Gasteiger partial charge in [0.1, 0.15) is 0 Å². The molecule has 0 saturated heterocycles. The molecule has 0 aliphatic rings. The number of thioether (sulfide) groups is 1. The van der Waals surface area contributed by atoms with Gasteiger partial charge in [0.15, 0.2) is 0 Å². The van der Waals surface area contributed by atoms with Crippen molar-refractivity contribution in [3.8, 4) is 0 Å². The average Bonchev–Trinajstić information content (AvgIpc) is 2.17. The Kier molecular flexibility index (Phi) is 5.20. The van der Waals surface area contributed by atoms with Crippen LogP contribution in [0, 0.1) is 5.92 Å². The molecule has 1 unspecified atom stereocenters. The SMILES string of the molecule is CC(C)CCSc1cccc(C(C)N)c1. The molecule has 1 aromatic rings. The highest BCUT2D eigenvalue weighted by Gasteiger charge is 2.01. The molecule has 15 heavy (non-hydrogen) atoms. The fraction of sp³-hybridized carbons (Fsp3) is 0.538. The van der Waals surface area contributed by atoms with Crippen molar-refractivity contribution in [3.05, 3.63) is 29.8 Å². The topological polar surface area (TPSA) is 26.0 Å². The minimum absolute atomic E-state index is 0.135. The first kappa shape index (κ1) is 12.6. The van der Waals surface area contributed by atoms with Gasteiger partial charge in [0.05, 0.1) is 0 Å². The highest BCUT2D eigenvalue weighted by molar-refractivity contribution is 7.99. The van der Waals surface area contributed by atoms with Crippen molar-refractivity contribution >= 4 is 11.8 Å². The molecule has 2 N–H and O–H groups in total. The summed E-state index contributed by atoms with van der Waals surface area (Å²) in [4.78, 5) is 1.34. The lowest BCUT2D eigenvalue weighted by atomic mass is 10.1. The molecule has 0 saturated carbocycles. The molecule has 0 spiro atoms. The van der Waals surface area contributed by atoms with Gasteiger partial charge >= 0.3 is 0 Å². The van der Waals surface area contributed by atoms with Gasteiger partial charge in [-0.15, -0.1) is 11.8 Å². The summed E-state index contributed by atoms with van der Waals surface area (Å²) in [7, 11) is 0. The quantitative estimate of drug-likeness (QED) is 0.767. The van der Waals surface area contributed by atoms with Crippen molar-refractivity contribution in [2.24, 2.45) is 11.7 Å². The number of nitrogens with two attached hydrogens (primary N) is 1. The van der Waals surface area contributed by atoms with E-state index in [0.717, 1.165) is 5.92 Å². The Morgan fingerprint density at radius 3 is 2.60 bits per heavy atom. The summed E-state index contributed by atoms with van der Waals surface area (Å²) in [6.07, 6.45) is 1.27. The number of benzene rings is 1. The Balaban J connectivity index is 2.50. The van der Waals surface area contributed by atoms with E-state index in [9.17, 15) is 0 Å². The van der Waals surface area contributed by atoms with Gasteiger partial charge in [-0.1, -0.05) is 26.0 Å². The molecule has 1 rings (SSSR count). The zero-order valence-corrected chi connectivity index (χ0v) is 10.7. The summed E-state index contributed by atoms with van der Waals surface area (Å²) in [6, 6.07) is 8.69. The highest BCUT2D eigenvalue weighted by atomic mass is 32.2. The minimum Gasteiger partial charge on any atom is -0.324 e. The molecule has 0 heterocycles. The van der Waals surface area contributed by atoms with Crippen LogP contribution in [-0.2, 0) is 0 Å². The number of hydrogen-bond acceptors (Lipinski definition) is 2. The summed E-state index contributed by atoms with van der Waals surface area (Å²) in [5.74, 6) is 1.98. The van der Waals surface area contributed by atoms with Crippen molar-refractivity contribution in [1.82, 2.24) is 0 Å². The molecule has 0 aliphatic carbocycles. The van der Waals surface area contributed by atoms with E-state index in [-0.39, 0.29) is 6.04 Å². The minimum atomic E-state index is 0.135. The largest absolute Gasteiger partial charge is 0.324 e. The van der Waals surface area contributed by atoms with Gasteiger partial charge in [-0.05, 0) is 42.7 Å². The van der Waals surface area contributed by atoms with Crippen molar-refractivity contribution in [1.29, 1.82) is 0 Å². The van der Waals surface area contributed by atoms with Gasteiger partial charge in [-0.25, -0.2) is 0 Å². The first-order valence-corrected chi connectivity index (χ1v) is 6.56. The molecule has 1 aromatic carbocycles. The third-order valence-electron chi connectivity index (χ3n) is 2.35. The standard InChI is InChI=1S/C13H21NS/c1-10(2)7-8-15-13-6-4-5-12(9-13)11(3)14/h4-6,9-11H,7-8,14H2,1-3H3. The third-order valence-corrected chi connectivity index (χ3v) is 3.37. The molecule has 0 radical (unpaired) electrons. The van der Waals surface area contributed by atoms with Crippen LogP contribution < -0.4 is 5.73 Å². The second kappa shape index (κ2) is 6.19. The number of hydrogen-bond donors (Lipinski definition) is 1. The first-order chi connectivity index (χ1) is 7.09. The van der Waals surface area contributed by atoms with Gasteiger partial charge in [0.25, 0.3) is 0 Å². The molecule has 1 nitrogen and oxygen atoms in total. The van der Waals surface area contributed by atoms with Crippen molar-refractivity contribution in [3.63, 3.8) is 0 Å². The summed E-state index contributed by atoms with van der Waals surface area (Å²) >= 11 is 1.92.